The van der Waals surface area contributed by atoms with Gasteiger partial charge in [-0.1, -0.05) is 36.4 Å². The lowest BCUT2D eigenvalue weighted by molar-refractivity contribution is 0.00578. The first-order chi connectivity index (χ1) is 16.8. The predicted octanol–water partition coefficient (Wildman–Crippen LogP) is 5.24. The van der Waals surface area contributed by atoms with Crippen molar-refractivity contribution in [2.75, 3.05) is 12.4 Å². The van der Waals surface area contributed by atoms with Crippen molar-refractivity contribution >= 4 is 36.9 Å². The van der Waals surface area contributed by atoms with Crippen molar-refractivity contribution in [3.63, 3.8) is 0 Å². The smallest absolute Gasteiger partial charge is 0.494 e. The fourth-order valence-electron chi connectivity index (χ4n) is 4.12. The standard InChI is InChI=1S/C28H40B2O5S/c1-25(2)26(3,4)33-29(32-25)21-15-9-11-17-23(21)31-19-13-14-20-36-24-18-12-10-16-22(24)30-34-27(5,6)28(7,8)35-30/h9-12,15-18H,13-14,19-20H2,1-8H3. The molecule has 36 heavy (non-hydrogen) atoms. The molecule has 8 heteroatoms. The summed E-state index contributed by atoms with van der Waals surface area (Å²) in [5.41, 5.74) is 0.610. The Morgan fingerprint density at radius 1 is 0.639 bits per heavy atom. The van der Waals surface area contributed by atoms with Crippen molar-refractivity contribution in [2.45, 2.75) is 95.5 Å². The number of para-hydroxylation sites is 1. The zero-order valence-electron chi connectivity index (χ0n) is 23.1. The summed E-state index contributed by atoms with van der Waals surface area (Å²) in [7, 11) is -0.762. The van der Waals surface area contributed by atoms with Gasteiger partial charge in [-0.2, -0.15) is 0 Å². The van der Waals surface area contributed by atoms with E-state index in [1.54, 1.807) is 0 Å². The Kier molecular flexibility index (Phi) is 7.95. The zero-order valence-corrected chi connectivity index (χ0v) is 23.9. The maximum atomic E-state index is 6.29. The SMILES string of the molecule is CC1(C)OB(c2ccccc2OCCCCSc2ccccc2B2OC(C)(C)C(C)(C)O2)OC1(C)C. The van der Waals surface area contributed by atoms with E-state index in [2.05, 4.69) is 79.7 Å². The predicted molar refractivity (Wildman–Crippen MR) is 150 cm³/mol. The fourth-order valence-corrected chi connectivity index (χ4v) is 5.20. The average molecular weight is 510 g/mol. The molecule has 0 aromatic heterocycles. The second-order valence-electron chi connectivity index (χ2n) is 11.7. The molecule has 2 aliphatic rings. The fraction of sp³-hybridized carbons (Fsp3) is 0.571. The molecule has 0 bridgehead atoms. The third-order valence-electron chi connectivity index (χ3n) is 7.91. The van der Waals surface area contributed by atoms with Gasteiger partial charge in [0.1, 0.15) is 5.75 Å². The Morgan fingerprint density at radius 3 is 1.69 bits per heavy atom. The Morgan fingerprint density at radius 2 is 1.11 bits per heavy atom. The molecular weight excluding hydrogens is 470 g/mol. The van der Waals surface area contributed by atoms with Crippen LogP contribution in [0, 0.1) is 0 Å². The molecule has 2 saturated heterocycles. The van der Waals surface area contributed by atoms with Crippen LogP contribution in [0.3, 0.4) is 0 Å². The minimum absolute atomic E-state index is 0.339. The van der Waals surface area contributed by atoms with Gasteiger partial charge in [-0.25, -0.2) is 0 Å². The van der Waals surface area contributed by atoms with E-state index in [0.29, 0.717) is 6.61 Å². The number of ether oxygens (including phenoxy) is 1. The molecule has 0 unspecified atom stereocenters. The van der Waals surface area contributed by atoms with Crippen molar-refractivity contribution in [1.29, 1.82) is 0 Å². The molecule has 0 saturated carbocycles. The highest BCUT2D eigenvalue weighted by Gasteiger charge is 2.53. The van der Waals surface area contributed by atoms with Crippen LogP contribution in [0.2, 0.25) is 0 Å². The van der Waals surface area contributed by atoms with Crippen LogP contribution in [0.1, 0.15) is 68.2 Å². The monoisotopic (exact) mass is 510 g/mol. The van der Waals surface area contributed by atoms with E-state index in [0.717, 1.165) is 35.3 Å². The van der Waals surface area contributed by atoms with E-state index in [9.17, 15) is 0 Å². The van der Waals surface area contributed by atoms with Gasteiger partial charge in [-0.3, -0.25) is 0 Å². The first kappa shape index (κ1) is 27.6. The van der Waals surface area contributed by atoms with Crippen LogP contribution < -0.4 is 15.7 Å². The molecule has 194 valence electrons. The summed E-state index contributed by atoms with van der Waals surface area (Å²) in [5.74, 6) is 1.83. The van der Waals surface area contributed by atoms with Crippen LogP contribution in [0.4, 0.5) is 0 Å². The third kappa shape index (κ3) is 5.68. The minimum atomic E-state index is -0.423. The van der Waals surface area contributed by atoms with E-state index < -0.39 is 7.12 Å². The summed E-state index contributed by atoms with van der Waals surface area (Å²) in [6.45, 7) is 17.3. The molecule has 2 aromatic carbocycles. The van der Waals surface area contributed by atoms with Crippen molar-refractivity contribution in [2.24, 2.45) is 0 Å². The minimum Gasteiger partial charge on any atom is -0.494 e. The first-order valence-corrected chi connectivity index (χ1v) is 14.0. The molecule has 2 aromatic rings. The maximum Gasteiger partial charge on any atom is 0.498 e. The lowest BCUT2D eigenvalue weighted by Gasteiger charge is -2.32. The van der Waals surface area contributed by atoms with Crippen LogP contribution in [0.5, 0.6) is 5.75 Å². The molecule has 2 fully saturated rings. The number of unbranched alkanes of at least 4 members (excludes halogenated alkanes) is 1. The normalized spacial score (nSPS) is 21.7. The van der Waals surface area contributed by atoms with Crippen LogP contribution in [-0.4, -0.2) is 49.0 Å². The third-order valence-corrected chi connectivity index (χ3v) is 9.08. The van der Waals surface area contributed by atoms with Gasteiger partial charge in [-0.05, 0) is 91.6 Å². The van der Waals surface area contributed by atoms with E-state index >= 15 is 0 Å². The highest BCUT2D eigenvalue weighted by molar-refractivity contribution is 7.99. The summed E-state index contributed by atoms with van der Waals surface area (Å²) < 4.78 is 31.2. The molecule has 0 aliphatic carbocycles. The summed E-state index contributed by atoms with van der Waals surface area (Å²) in [4.78, 5) is 1.21. The number of rotatable bonds is 9. The van der Waals surface area contributed by atoms with Crippen LogP contribution in [-0.2, 0) is 18.6 Å². The Balaban J connectivity index is 1.28. The van der Waals surface area contributed by atoms with Gasteiger partial charge in [0.25, 0.3) is 0 Å². The van der Waals surface area contributed by atoms with E-state index in [-0.39, 0.29) is 29.5 Å². The lowest BCUT2D eigenvalue weighted by atomic mass is 9.78. The Bertz CT molecular complexity index is 940. The number of thioether (sulfide) groups is 1. The first-order valence-electron chi connectivity index (χ1n) is 13.0. The summed E-state index contributed by atoms with van der Waals surface area (Å²) in [6.07, 6.45) is 2.00. The molecular formula is C28H40B2O5S. The number of benzene rings is 2. The lowest BCUT2D eigenvalue weighted by Crippen LogP contribution is -2.41. The topological polar surface area (TPSA) is 46.2 Å². The van der Waals surface area contributed by atoms with Gasteiger partial charge in [0.15, 0.2) is 0 Å². The van der Waals surface area contributed by atoms with Crippen molar-refractivity contribution in [3.8, 4) is 5.75 Å². The zero-order chi connectivity index (χ0) is 26.2. The summed E-state index contributed by atoms with van der Waals surface area (Å²) in [5, 5.41) is 0. The second kappa shape index (κ2) is 10.4. The van der Waals surface area contributed by atoms with Crippen molar-refractivity contribution in [1.82, 2.24) is 0 Å². The van der Waals surface area contributed by atoms with Gasteiger partial charge < -0.3 is 23.4 Å². The molecule has 0 radical (unpaired) electrons. The second-order valence-corrected chi connectivity index (χ2v) is 12.8. The number of hydrogen-bond donors (Lipinski definition) is 0. The van der Waals surface area contributed by atoms with Crippen molar-refractivity contribution in [3.05, 3.63) is 48.5 Å². The Hall–Kier alpha value is -1.44. The van der Waals surface area contributed by atoms with E-state index in [4.69, 9.17) is 23.4 Å². The molecule has 0 spiro atoms. The highest BCUT2D eigenvalue weighted by Crippen LogP contribution is 2.38. The van der Waals surface area contributed by atoms with Crippen molar-refractivity contribution < 1.29 is 23.4 Å². The van der Waals surface area contributed by atoms with Crippen LogP contribution in [0.15, 0.2) is 53.4 Å². The molecule has 4 rings (SSSR count). The average Bonchev–Trinajstić information content (AvgIpc) is 3.16. The van der Waals surface area contributed by atoms with Gasteiger partial charge >= 0.3 is 14.2 Å². The quantitative estimate of drug-likeness (QED) is 0.262. The van der Waals surface area contributed by atoms with Crippen LogP contribution in [0.25, 0.3) is 0 Å². The molecule has 0 amide bonds. The van der Waals surface area contributed by atoms with Gasteiger partial charge in [0, 0.05) is 10.4 Å². The van der Waals surface area contributed by atoms with Gasteiger partial charge in [0.2, 0.25) is 0 Å². The molecule has 0 N–H and O–H groups in total. The largest absolute Gasteiger partial charge is 0.498 e. The molecule has 0 atom stereocenters. The highest BCUT2D eigenvalue weighted by atomic mass is 32.2. The maximum absolute atomic E-state index is 6.29. The molecule has 5 nitrogen and oxygen atoms in total. The molecule has 2 aliphatic heterocycles. The van der Waals surface area contributed by atoms with E-state index in [1.807, 2.05) is 36.0 Å². The van der Waals surface area contributed by atoms with Gasteiger partial charge in [-0.15, -0.1) is 11.8 Å². The van der Waals surface area contributed by atoms with Gasteiger partial charge in [0.05, 0.1) is 29.0 Å². The molecule has 2 heterocycles. The van der Waals surface area contributed by atoms with Crippen LogP contribution >= 0.6 is 11.8 Å². The number of hydrogen-bond acceptors (Lipinski definition) is 6. The summed E-state index contributed by atoms with van der Waals surface area (Å²) in [6, 6.07) is 16.4. The summed E-state index contributed by atoms with van der Waals surface area (Å²) >= 11 is 1.85. The Labute approximate surface area is 222 Å². The van der Waals surface area contributed by atoms with E-state index in [1.165, 1.54) is 4.90 Å².